The van der Waals surface area contributed by atoms with Crippen LogP contribution in [0.2, 0.25) is 0 Å². The number of carbonyl (C=O) groups is 4. The number of rotatable bonds is 6. The number of ether oxygens (including phenoxy) is 2. The van der Waals surface area contributed by atoms with Crippen LogP contribution in [-0.2, 0) is 30.5 Å². The van der Waals surface area contributed by atoms with Crippen molar-refractivity contribution in [2.75, 3.05) is 18.9 Å². The number of nitrogen functional groups attached to an aromatic ring is 1. The van der Waals surface area contributed by atoms with Crippen LogP contribution in [0.15, 0.2) is 0 Å². The molecule has 0 radical (unpaired) electrons. The van der Waals surface area contributed by atoms with E-state index in [9.17, 15) is 24.4 Å². The summed E-state index contributed by atoms with van der Waals surface area (Å²) in [6.07, 6.45) is 3.10. The molecule has 0 spiro atoms. The predicted octanol–water partition coefficient (Wildman–Crippen LogP) is 1.60. The van der Waals surface area contributed by atoms with E-state index in [1.165, 1.54) is 0 Å². The highest BCUT2D eigenvalue weighted by atomic mass is 32.1. The molecule has 29 heavy (non-hydrogen) atoms. The monoisotopic (exact) mass is 419 g/mol. The minimum absolute atomic E-state index is 0.0465. The fourth-order valence-corrected chi connectivity index (χ4v) is 4.74. The maximum absolute atomic E-state index is 12.5. The maximum Gasteiger partial charge on any atom is 0.348 e. The first-order valence-electron chi connectivity index (χ1n) is 9.38. The third-order valence-corrected chi connectivity index (χ3v) is 6.25. The molecular weight excluding hydrogens is 398 g/mol. The number of thiophene rings is 1. The summed E-state index contributed by atoms with van der Waals surface area (Å²) in [6.45, 7) is 0.911. The summed E-state index contributed by atoms with van der Waals surface area (Å²) in [4.78, 5) is 50.3. The quantitative estimate of drug-likeness (QED) is 0.541. The molecule has 154 valence electrons. The molecule has 1 saturated heterocycles. The molecular formula is C19H21N3O6S. The van der Waals surface area contributed by atoms with Gasteiger partial charge in [-0.1, -0.05) is 12.8 Å². The first-order valence-corrected chi connectivity index (χ1v) is 10.2. The summed E-state index contributed by atoms with van der Waals surface area (Å²) in [5, 5.41) is 9.41. The maximum atomic E-state index is 12.5. The van der Waals surface area contributed by atoms with Crippen LogP contribution in [0.25, 0.3) is 0 Å². The zero-order valence-corrected chi connectivity index (χ0v) is 16.8. The number of fused-ring (bicyclic) bond motifs is 1. The SMILES string of the molecule is CCOC(=O)c1sc(N)c(C#N)c1COC(=O)CN1C(=O)[C@H]2CCCC[C@H]2C1=O. The molecule has 2 amide bonds. The topological polar surface area (TPSA) is 140 Å². The van der Waals surface area contributed by atoms with Gasteiger partial charge in [0.25, 0.3) is 0 Å². The van der Waals surface area contributed by atoms with E-state index in [1.54, 1.807) is 6.92 Å². The van der Waals surface area contributed by atoms with E-state index in [0.717, 1.165) is 29.1 Å². The minimum Gasteiger partial charge on any atom is -0.462 e. The van der Waals surface area contributed by atoms with Crippen molar-refractivity contribution in [2.24, 2.45) is 11.8 Å². The van der Waals surface area contributed by atoms with E-state index in [1.807, 2.05) is 6.07 Å². The number of nitriles is 1. The predicted molar refractivity (Wildman–Crippen MR) is 101 cm³/mol. The van der Waals surface area contributed by atoms with Crippen LogP contribution in [0.1, 0.15) is 53.4 Å². The van der Waals surface area contributed by atoms with Crippen molar-refractivity contribution in [1.29, 1.82) is 5.26 Å². The number of hydrogen-bond acceptors (Lipinski definition) is 9. The van der Waals surface area contributed by atoms with Crippen molar-refractivity contribution < 1.29 is 28.7 Å². The van der Waals surface area contributed by atoms with Crippen LogP contribution in [0.3, 0.4) is 0 Å². The van der Waals surface area contributed by atoms with E-state index >= 15 is 0 Å². The van der Waals surface area contributed by atoms with Crippen molar-refractivity contribution >= 4 is 40.1 Å². The van der Waals surface area contributed by atoms with Gasteiger partial charge in [-0.05, 0) is 19.8 Å². The number of nitrogens with two attached hydrogens (primary N) is 1. The minimum atomic E-state index is -0.797. The molecule has 2 atom stereocenters. The standard InChI is InChI=1S/C19H21N3O6S/c1-2-27-19(26)15-13(12(7-20)16(21)29-15)9-28-14(23)8-22-17(24)10-5-3-4-6-11(10)18(22)25/h10-11H,2-6,8-9,21H2,1H3/t10-,11+. The van der Waals surface area contributed by atoms with Gasteiger partial charge in [0, 0.05) is 5.56 Å². The second kappa shape index (κ2) is 8.61. The number of carbonyl (C=O) groups excluding carboxylic acids is 4. The van der Waals surface area contributed by atoms with Gasteiger partial charge in [0.05, 0.1) is 24.0 Å². The molecule has 2 N–H and O–H groups in total. The molecule has 1 aromatic heterocycles. The second-order valence-electron chi connectivity index (χ2n) is 6.90. The van der Waals surface area contributed by atoms with E-state index in [2.05, 4.69) is 0 Å². The molecule has 0 aromatic carbocycles. The van der Waals surface area contributed by atoms with E-state index in [0.29, 0.717) is 12.8 Å². The van der Waals surface area contributed by atoms with Crippen LogP contribution in [0.4, 0.5) is 5.00 Å². The molecule has 1 aliphatic heterocycles. The average molecular weight is 419 g/mol. The van der Waals surface area contributed by atoms with Crippen molar-refractivity contribution in [3.8, 4) is 6.07 Å². The summed E-state index contributed by atoms with van der Waals surface area (Å²) >= 11 is 0.883. The van der Waals surface area contributed by atoms with Gasteiger partial charge in [-0.15, -0.1) is 11.3 Å². The highest BCUT2D eigenvalue weighted by Crippen LogP contribution is 2.38. The lowest BCUT2D eigenvalue weighted by atomic mass is 9.81. The molecule has 2 aliphatic rings. The Morgan fingerprint density at radius 2 is 1.83 bits per heavy atom. The number of nitrogens with zero attached hydrogens (tertiary/aromatic N) is 2. The van der Waals surface area contributed by atoms with E-state index in [4.69, 9.17) is 15.2 Å². The Balaban J connectivity index is 1.68. The normalized spacial score (nSPS) is 20.9. The number of likely N-dealkylation sites (tertiary alicyclic amines) is 1. The fraction of sp³-hybridized carbons (Fsp3) is 0.526. The highest BCUT2D eigenvalue weighted by molar-refractivity contribution is 7.18. The third-order valence-electron chi connectivity index (χ3n) is 5.20. The molecule has 9 nitrogen and oxygen atoms in total. The Morgan fingerprint density at radius 3 is 2.38 bits per heavy atom. The van der Waals surface area contributed by atoms with Gasteiger partial charge in [-0.25, -0.2) is 4.79 Å². The largest absolute Gasteiger partial charge is 0.462 e. The van der Waals surface area contributed by atoms with Gasteiger partial charge in [-0.3, -0.25) is 19.3 Å². The number of imide groups is 1. The molecule has 1 aromatic rings. The van der Waals surface area contributed by atoms with Crippen molar-refractivity contribution in [2.45, 2.75) is 39.2 Å². The molecule has 0 unspecified atom stereocenters. The lowest BCUT2D eigenvalue weighted by Gasteiger charge is -2.19. The molecule has 1 saturated carbocycles. The average Bonchev–Trinajstić information content (AvgIpc) is 3.16. The van der Waals surface area contributed by atoms with Crippen LogP contribution >= 0.6 is 11.3 Å². The summed E-state index contributed by atoms with van der Waals surface area (Å²) in [6, 6.07) is 1.89. The molecule has 1 aliphatic carbocycles. The Hall–Kier alpha value is -2.93. The number of anilines is 1. The summed E-state index contributed by atoms with van der Waals surface area (Å²) in [5.41, 5.74) is 5.99. The smallest absolute Gasteiger partial charge is 0.348 e. The molecule has 0 bridgehead atoms. The molecule has 10 heteroatoms. The zero-order valence-electron chi connectivity index (χ0n) is 15.9. The Bertz CT molecular complexity index is 878. The van der Waals surface area contributed by atoms with Crippen LogP contribution < -0.4 is 5.73 Å². The van der Waals surface area contributed by atoms with Crippen LogP contribution in [-0.4, -0.2) is 41.8 Å². The van der Waals surface area contributed by atoms with Gasteiger partial charge in [0.2, 0.25) is 11.8 Å². The van der Waals surface area contributed by atoms with E-state index in [-0.39, 0.29) is 57.9 Å². The number of amides is 2. The number of esters is 2. The first kappa shape index (κ1) is 20.8. The van der Waals surface area contributed by atoms with Crippen molar-refractivity contribution in [1.82, 2.24) is 4.90 Å². The van der Waals surface area contributed by atoms with Crippen LogP contribution in [0, 0.1) is 23.2 Å². The zero-order chi connectivity index (χ0) is 21.1. The van der Waals surface area contributed by atoms with Crippen molar-refractivity contribution in [3.05, 3.63) is 16.0 Å². The third kappa shape index (κ3) is 3.96. The highest BCUT2D eigenvalue weighted by Gasteiger charge is 2.48. The van der Waals surface area contributed by atoms with Gasteiger partial charge in [-0.2, -0.15) is 5.26 Å². The molecule has 2 heterocycles. The number of hydrogen-bond donors (Lipinski definition) is 1. The molecule has 3 rings (SSSR count). The second-order valence-corrected chi connectivity index (χ2v) is 7.95. The summed E-state index contributed by atoms with van der Waals surface area (Å²) in [7, 11) is 0. The fourth-order valence-electron chi connectivity index (χ4n) is 3.82. The Labute approximate surface area is 171 Å². The lowest BCUT2D eigenvalue weighted by molar-refractivity contribution is -0.153. The summed E-state index contributed by atoms with van der Waals surface area (Å²) < 4.78 is 10.1. The van der Waals surface area contributed by atoms with Gasteiger partial charge >= 0.3 is 11.9 Å². The first-order chi connectivity index (χ1) is 13.9. The Morgan fingerprint density at radius 1 is 1.21 bits per heavy atom. The van der Waals surface area contributed by atoms with Crippen LogP contribution in [0.5, 0.6) is 0 Å². The summed E-state index contributed by atoms with van der Waals surface area (Å²) in [5.74, 6) is -2.81. The van der Waals surface area contributed by atoms with Gasteiger partial charge in [0.1, 0.15) is 29.1 Å². The Kier molecular flexibility index (Phi) is 6.17. The molecule has 2 fully saturated rings. The van der Waals surface area contributed by atoms with Crippen molar-refractivity contribution in [3.63, 3.8) is 0 Å². The van der Waals surface area contributed by atoms with Gasteiger partial charge in [0.15, 0.2) is 0 Å². The van der Waals surface area contributed by atoms with Gasteiger partial charge < -0.3 is 15.2 Å². The lowest BCUT2D eigenvalue weighted by Crippen LogP contribution is -2.36. The van der Waals surface area contributed by atoms with E-state index < -0.39 is 18.5 Å².